The van der Waals surface area contributed by atoms with E-state index in [0.717, 1.165) is 23.2 Å². The second-order valence-electron chi connectivity index (χ2n) is 4.95. The molecule has 0 aliphatic rings. The van der Waals surface area contributed by atoms with Crippen molar-refractivity contribution >= 4 is 5.52 Å². The van der Waals surface area contributed by atoms with E-state index in [1.54, 1.807) is 6.20 Å². The first-order valence-electron chi connectivity index (χ1n) is 6.63. The lowest BCUT2D eigenvalue weighted by molar-refractivity contribution is 0.564. The minimum atomic E-state index is 0.187. The molecule has 0 bridgehead atoms. The van der Waals surface area contributed by atoms with E-state index >= 15 is 0 Å². The van der Waals surface area contributed by atoms with Gasteiger partial charge in [0.05, 0.1) is 23.6 Å². The summed E-state index contributed by atoms with van der Waals surface area (Å²) in [5.74, 6) is 0. The first-order valence-corrected chi connectivity index (χ1v) is 6.63. The summed E-state index contributed by atoms with van der Waals surface area (Å²) in [5.41, 5.74) is 4.43. The fraction of sp³-hybridized carbons (Fsp3) is 0.357. The van der Waals surface area contributed by atoms with Gasteiger partial charge in [-0.25, -0.2) is 4.52 Å². The molecule has 6 nitrogen and oxygen atoms in total. The van der Waals surface area contributed by atoms with Crippen molar-refractivity contribution in [2.75, 3.05) is 7.05 Å². The van der Waals surface area contributed by atoms with Crippen molar-refractivity contribution < 1.29 is 0 Å². The summed E-state index contributed by atoms with van der Waals surface area (Å²) in [4.78, 5) is 4.18. The lowest BCUT2D eigenvalue weighted by Crippen LogP contribution is -2.20. The summed E-state index contributed by atoms with van der Waals surface area (Å²) in [6, 6.07) is 2.31. The van der Waals surface area contributed by atoms with Gasteiger partial charge in [-0.05, 0) is 20.0 Å². The monoisotopic (exact) mass is 270 g/mol. The lowest BCUT2D eigenvalue weighted by atomic mass is 10.0. The number of fused-ring (bicyclic) bond motifs is 1. The van der Waals surface area contributed by atoms with E-state index in [4.69, 9.17) is 0 Å². The zero-order chi connectivity index (χ0) is 14.1. The molecule has 104 valence electrons. The Bertz CT molecular complexity index is 726. The van der Waals surface area contributed by atoms with E-state index in [-0.39, 0.29) is 6.04 Å². The second-order valence-corrected chi connectivity index (χ2v) is 4.95. The Kier molecular flexibility index (Phi) is 3.23. The third-order valence-electron chi connectivity index (χ3n) is 3.59. The van der Waals surface area contributed by atoms with Crippen molar-refractivity contribution in [3.8, 4) is 0 Å². The van der Waals surface area contributed by atoms with Crippen LogP contribution in [0.4, 0.5) is 0 Å². The zero-order valence-electron chi connectivity index (χ0n) is 11.9. The summed E-state index contributed by atoms with van der Waals surface area (Å²) in [6.07, 6.45) is 8.22. The predicted octanol–water partition coefficient (Wildman–Crippen LogP) is 1.27. The van der Waals surface area contributed by atoms with E-state index in [9.17, 15) is 0 Å². The highest BCUT2D eigenvalue weighted by Gasteiger charge is 2.17. The summed E-state index contributed by atoms with van der Waals surface area (Å²) in [5, 5.41) is 12.1. The van der Waals surface area contributed by atoms with Gasteiger partial charge >= 0.3 is 0 Å². The van der Waals surface area contributed by atoms with Crippen LogP contribution in [-0.4, -0.2) is 31.4 Å². The van der Waals surface area contributed by atoms with Gasteiger partial charge in [-0.2, -0.15) is 10.2 Å². The van der Waals surface area contributed by atoms with E-state index in [0.29, 0.717) is 0 Å². The van der Waals surface area contributed by atoms with Crippen LogP contribution < -0.4 is 5.32 Å². The van der Waals surface area contributed by atoms with Gasteiger partial charge in [-0.15, -0.1) is 0 Å². The number of aryl methyl sites for hydroxylation is 2. The fourth-order valence-corrected chi connectivity index (χ4v) is 2.55. The Morgan fingerprint density at radius 3 is 2.90 bits per heavy atom. The molecule has 0 aliphatic heterocycles. The molecule has 0 radical (unpaired) electrons. The fourth-order valence-electron chi connectivity index (χ4n) is 2.55. The summed E-state index contributed by atoms with van der Waals surface area (Å²) in [6.45, 7) is 2.01. The molecular weight excluding hydrogens is 252 g/mol. The minimum Gasteiger partial charge on any atom is -0.313 e. The summed E-state index contributed by atoms with van der Waals surface area (Å²) < 4.78 is 3.78. The SMILES string of the molecule is CNC(Cc1cc(C)nn1C)c1cnn2ccncc12. The van der Waals surface area contributed by atoms with Gasteiger partial charge in [-0.3, -0.25) is 9.67 Å². The molecule has 0 fully saturated rings. The molecule has 0 aliphatic carbocycles. The molecule has 20 heavy (non-hydrogen) atoms. The summed E-state index contributed by atoms with van der Waals surface area (Å²) in [7, 11) is 3.94. The van der Waals surface area contributed by atoms with Crippen LogP contribution in [0.5, 0.6) is 0 Å². The van der Waals surface area contributed by atoms with Gasteiger partial charge in [0.25, 0.3) is 0 Å². The van der Waals surface area contributed by atoms with Crippen LogP contribution in [0.2, 0.25) is 0 Å². The highest BCUT2D eigenvalue weighted by Crippen LogP contribution is 2.22. The third-order valence-corrected chi connectivity index (χ3v) is 3.59. The Balaban J connectivity index is 1.95. The number of aromatic nitrogens is 5. The van der Waals surface area contributed by atoms with Crippen molar-refractivity contribution in [2.24, 2.45) is 7.05 Å². The van der Waals surface area contributed by atoms with Crippen molar-refractivity contribution in [1.82, 2.24) is 29.7 Å². The van der Waals surface area contributed by atoms with Gasteiger partial charge in [0.15, 0.2) is 0 Å². The maximum atomic E-state index is 4.40. The molecule has 0 saturated carbocycles. The van der Waals surface area contributed by atoms with Gasteiger partial charge in [-0.1, -0.05) is 0 Å². The van der Waals surface area contributed by atoms with Crippen LogP contribution in [0.3, 0.4) is 0 Å². The topological polar surface area (TPSA) is 60.0 Å². The average molecular weight is 270 g/mol. The molecule has 1 atom stereocenters. The van der Waals surface area contributed by atoms with Crippen molar-refractivity contribution in [2.45, 2.75) is 19.4 Å². The molecule has 0 aromatic carbocycles. The zero-order valence-corrected chi connectivity index (χ0v) is 11.9. The van der Waals surface area contributed by atoms with Crippen LogP contribution in [0, 0.1) is 6.92 Å². The molecule has 0 saturated heterocycles. The first kappa shape index (κ1) is 12.8. The highest BCUT2D eigenvalue weighted by molar-refractivity contribution is 5.53. The number of hydrogen-bond acceptors (Lipinski definition) is 4. The maximum Gasteiger partial charge on any atom is 0.0892 e. The third kappa shape index (κ3) is 2.18. The van der Waals surface area contributed by atoms with Gasteiger partial charge in [0.2, 0.25) is 0 Å². The van der Waals surface area contributed by atoms with E-state index in [1.165, 1.54) is 5.69 Å². The Labute approximate surface area is 117 Å². The van der Waals surface area contributed by atoms with Crippen LogP contribution in [0.1, 0.15) is 23.0 Å². The molecule has 1 N–H and O–H groups in total. The van der Waals surface area contributed by atoms with Crippen LogP contribution in [0.25, 0.3) is 5.52 Å². The molecule has 0 amide bonds. The molecule has 3 rings (SSSR count). The van der Waals surface area contributed by atoms with E-state index < -0.39 is 0 Å². The van der Waals surface area contributed by atoms with Gasteiger partial charge in [0, 0.05) is 43.2 Å². The van der Waals surface area contributed by atoms with E-state index in [2.05, 4.69) is 26.6 Å². The average Bonchev–Trinajstić information content (AvgIpc) is 3.00. The smallest absolute Gasteiger partial charge is 0.0892 e. The van der Waals surface area contributed by atoms with E-state index in [1.807, 2.05) is 48.8 Å². The Hall–Kier alpha value is -2.21. The van der Waals surface area contributed by atoms with Gasteiger partial charge in [0.1, 0.15) is 0 Å². The largest absolute Gasteiger partial charge is 0.313 e. The predicted molar refractivity (Wildman–Crippen MR) is 76.4 cm³/mol. The van der Waals surface area contributed by atoms with Crippen LogP contribution in [0.15, 0.2) is 30.9 Å². The van der Waals surface area contributed by atoms with Crippen LogP contribution in [-0.2, 0) is 13.5 Å². The lowest BCUT2D eigenvalue weighted by Gasteiger charge is -2.15. The number of nitrogens with zero attached hydrogens (tertiary/aromatic N) is 5. The normalized spacial score (nSPS) is 12.9. The molecule has 3 aromatic rings. The molecule has 6 heteroatoms. The highest BCUT2D eigenvalue weighted by atomic mass is 15.3. The Morgan fingerprint density at radius 1 is 1.35 bits per heavy atom. The molecule has 3 heterocycles. The minimum absolute atomic E-state index is 0.187. The molecular formula is C14H18N6. The van der Waals surface area contributed by atoms with Crippen molar-refractivity contribution in [1.29, 1.82) is 0 Å². The van der Waals surface area contributed by atoms with Crippen LogP contribution >= 0.6 is 0 Å². The molecule has 0 spiro atoms. The standard InChI is InChI=1S/C14H18N6/c1-10-6-11(19(3)18-10)7-13(15-2)12-8-17-20-5-4-16-9-14(12)20/h4-6,8-9,13,15H,7H2,1-3H3. The molecule has 3 aromatic heterocycles. The van der Waals surface area contributed by atoms with Crippen molar-refractivity contribution in [3.63, 3.8) is 0 Å². The van der Waals surface area contributed by atoms with Crippen molar-refractivity contribution in [3.05, 3.63) is 47.8 Å². The Morgan fingerprint density at radius 2 is 2.20 bits per heavy atom. The number of likely N-dealkylation sites (N-methyl/N-ethyl adjacent to an activating group) is 1. The summed E-state index contributed by atoms with van der Waals surface area (Å²) >= 11 is 0. The number of hydrogen-bond donors (Lipinski definition) is 1. The van der Waals surface area contributed by atoms with Gasteiger partial charge < -0.3 is 5.32 Å². The second kappa shape index (κ2) is 5.05. The maximum absolute atomic E-state index is 4.40. The number of nitrogens with one attached hydrogen (secondary N) is 1. The number of rotatable bonds is 4. The quantitative estimate of drug-likeness (QED) is 0.775. The molecule has 1 unspecified atom stereocenters. The first-order chi connectivity index (χ1) is 9.69.